The normalized spacial score (nSPS) is 14.0. The second-order valence-electron chi connectivity index (χ2n) is 7.45. The number of para-hydroxylation sites is 1. The number of carbonyl (C=O) groups excluding carboxylic acids is 1. The molecule has 1 aliphatic heterocycles. The lowest BCUT2D eigenvalue weighted by molar-refractivity contribution is -0.274. The Balaban J connectivity index is 1.41. The van der Waals surface area contributed by atoms with Crippen LogP contribution in [0.5, 0.6) is 5.75 Å². The van der Waals surface area contributed by atoms with Gasteiger partial charge in [-0.3, -0.25) is 9.79 Å². The number of guanidine groups is 1. The number of benzene rings is 2. The summed E-state index contributed by atoms with van der Waals surface area (Å²) in [6.45, 7) is 1.99. The zero-order valence-electron chi connectivity index (χ0n) is 17.9. The second-order valence-corrected chi connectivity index (χ2v) is 7.45. The summed E-state index contributed by atoms with van der Waals surface area (Å²) in [4.78, 5) is 18.5. The van der Waals surface area contributed by atoms with Gasteiger partial charge in [-0.1, -0.05) is 42.5 Å². The third kappa shape index (κ3) is 6.90. The molecule has 1 aliphatic rings. The number of alkyl halides is 3. The van der Waals surface area contributed by atoms with Crippen LogP contribution in [0.25, 0.3) is 0 Å². The largest absolute Gasteiger partial charge is 0.573 e. The maximum absolute atomic E-state index is 12.6. The summed E-state index contributed by atoms with van der Waals surface area (Å²) in [6.07, 6.45) is -2.85. The van der Waals surface area contributed by atoms with Gasteiger partial charge in [-0.25, -0.2) is 0 Å². The first kappa shape index (κ1) is 23.4. The molecule has 0 aliphatic carbocycles. The Morgan fingerprint density at radius 3 is 2.56 bits per heavy atom. The SMILES string of the molecule is CN=C(NCCCC(=O)N1CCc2ccccc2C1)NCc1ccccc1OC(F)(F)F. The monoisotopic (exact) mass is 448 g/mol. The molecule has 0 fully saturated rings. The number of nitrogens with zero attached hydrogens (tertiary/aromatic N) is 2. The minimum absolute atomic E-state index is 0.109. The summed E-state index contributed by atoms with van der Waals surface area (Å²) in [6, 6.07) is 14.1. The molecule has 2 N–H and O–H groups in total. The van der Waals surface area contributed by atoms with Crippen molar-refractivity contribution in [2.24, 2.45) is 4.99 Å². The maximum atomic E-state index is 12.6. The van der Waals surface area contributed by atoms with Crippen LogP contribution < -0.4 is 15.4 Å². The van der Waals surface area contributed by atoms with Crippen molar-refractivity contribution in [2.75, 3.05) is 20.1 Å². The zero-order valence-corrected chi connectivity index (χ0v) is 17.9. The number of rotatable bonds is 7. The van der Waals surface area contributed by atoms with Crippen molar-refractivity contribution < 1.29 is 22.7 Å². The first-order valence-electron chi connectivity index (χ1n) is 10.5. The highest BCUT2D eigenvalue weighted by Crippen LogP contribution is 2.26. The number of carbonyl (C=O) groups is 1. The van der Waals surface area contributed by atoms with Crippen molar-refractivity contribution in [1.29, 1.82) is 0 Å². The van der Waals surface area contributed by atoms with Gasteiger partial charge < -0.3 is 20.3 Å². The molecule has 172 valence electrons. The molecular formula is C23H27F3N4O2. The van der Waals surface area contributed by atoms with E-state index < -0.39 is 6.36 Å². The van der Waals surface area contributed by atoms with E-state index in [0.29, 0.717) is 37.5 Å². The molecule has 1 heterocycles. The van der Waals surface area contributed by atoms with Crippen LogP contribution >= 0.6 is 0 Å². The average Bonchev–Trinajstić information content (AvgIpc) is 2.78. The van der Waals surface area contributed by atoms with Gasteiger partial charge in [-0.05, 0) is 30.0 Å². The van der Waals surface area contributed by atoms with E-state index in [0.717, 1.165) is 13.0 Å². The van der Waals surface area contributed by atoms with Crippen LogP contribution in [0.3, 0.4) is 0 Å². The van der Waals surface area contributed by atoms with Gasteiger partial charge >= 0.3 is 6.36 Å². The van der Waals surface area contributed by atoms with Crippen LogP contribution in [0.15, 0.2) is 53.5 Å². The van der Waals surface area contributed by atoms with E-state index in [1.807, 2.05) is 17.0 Å². The number of hydrogen-bond donors (Lipinski definition) is 2. The number of halogens is 3. The predicted octanol–water partition coefficient (Wildman–Crippen LogP) is 3.62. The van der Waals surface area contributed by atoms with Gasteiger partial charge in [0, 0.05) is 45.2 Å². The Morgan fingerprint density at radius 2 is 1.81 bits per heavy atom. The fraction of sp³-hybridized carbons (Fsp3) is 0.391. The van der Waals surface area contributed by atoms with Crippen LogP contribution in [0.2, 0.25) is 0 Å². The van der Waals surface area contributed by atoms with Crippen molar-refractivity contribution in [3.63, 3.8) is 0 Å². The van der Waals surface area contributed by atoms with E-state index in [4.69, 9.17) is 0 Å². The summed E-state index contributed by atoms with van der Waals surface area (Å²) in [7, 11) is 1.57. The molecule has 0 saturated carbocycles. The third-order valence-electron chi connectivity index (χ3n) is 5.21. The highest BCUT2D eigenvalue weighted by atomic mass is 19.4. The minimum Gasteiger partial charge on any atom is -0.405 e. The second kappa shape index (κ2) is 10.9. The number of nitrogens with one attached hydrogen (secondary N) is 2. The number of aliphatic imine (C=N–C) groups is 1. The summed E-state index contributed by atoms with van der Waals surface area (Å²) in [5.41, 5.74) is 2.85. The lowest BCUT2D eigenvalue weighted by atomic mass is 9.99. The van der Waals surface area contributed by atoms with E-state index in [2.05, 4.69) is 32.5 Å². The highest BCUT2D eigenvalue weighted by Gasteiger charge is 2.32. The smallest absolute Gasteiger partial charge is 0.405 e. The Morgan fingerprint density at radius 1 is 1.09 bits per heavy atom. The summed E-state index contributed by atoms with van der Waals surface area (Å²) in [5.74, 6) is 0.297. The van der Waals surface area contributed by atoms with Gasteiger partial charge in [0.2, 0.25) is 5.91 Å². The van der Waals surface area contributed by atoms with E-state index in [1.165, 1.54) is 23.3 Å². The topological polar surface area (TPSA) is 66.0 Å². The summed E-state index contributed by atoms with van der Waals surface area (Å²) in [5, 5.41) is 6.06. The molecule has 6 nitrogen and oxygen atoms in total. The number of fused-ring (bicyclic) bond motifs is 1. The van der Waals surface area contributed by atoms with Crippen LogP contribution in [0.4, 0.5) is 13.2 Å². The molecule has 0 unspecified atom stereocenters. The van der Waals surface area contributed by atoms with Gasteiger partial charge in [0.1, 0.15) is 5.75 Å². The van der Waals surface area contributed by atoms with Crippen LogP contribution in [-0.4, -0.2) is 43.3 Å². The Hall–Kier alpha value is -3.23. The molecular weight excluding hydrogens is 421 g/mol. The van der Waals surface area contributed by atoms with Crippen molar-refractivity contribution in [3.05, 3.63) is 65.2 Å². The molecule has 0 radical (unpaired) electrons. The van der Waals surface area contributed by atoms with E-state index >= 15 is 0 Å². The lowest BCUT2D eigenvalue weighted by Crippen LogP contribution is -2.38. The van der Waals surface area contributed by atoms with Gasteiger partial charge in [0.15, 0.2) is 5.96 Å². The van der Waals surface area contributed by atoms with Gasteiger partial charge in [0.25, 0.3) is 0 Å². The summed E-state index contributed by atoms with van der Waals surface area (Å²) < 4.78 is 41.7. The minimum atomic E-state index is -4.75. The van der Waals surface area contributed by atoms with Crippen molar-refractivity contribution in [2.45, 2.75) is 38.7 Å². The van der Waals surface area contributed by atoms with Crippen molar-refractivity contribution >= 4 is 11.9 Å². The molecule has 1 amide bonds. The van der Waals surface area contributed by atoms with Crippen molar-refractivity contribution in [3.8, 4) is 5.75 Å². The van der Waals surface area contributed by atoms with Gasteiger partial charge in [-0.2, -0.15) is 0 Å². The highest BCUT2D eigenvalue weighted by molar-refractivity contribution is 5.80. The number of ether oxygens (including phenoxy) is 1. The molecule has 9 heteroatoms. The maximum Gasteiger partial charge on any atom is 0.573 e. The molecule has 0 spiro atoms. The molecule has 0 aromatic heterocycles. The van der Waals surface area contributed by atoms with E-state index in [9.17, 15) is 18.0 Å². The predicted molar refractivity (Wildman–Crippen MR) is 116 cm³/mol. The van der Waals surface area contributed by atoms with Gasteiger partial charge in [-0.15, -0.1) is 13.2 Å². The third-order valence-corrected chi connectivity index (χ3v) is 5.21. The molecule has 0 saturated heterocycles. The molecule has 2 aromatic carbocycles. The molecule has 3 rings (SSSR count). The van der Waals surface area contributed by atoms with E-state index in [-0.39, 0.29) is 18.2 Å². The molecule has 0 bridgehead atoms. The van der Waals surface area contributed by atoms with Crippen LogP contribution in [0, 0.1) is 0 Å². The lowest BCUT2D eigenvalue weighted by Gasteiger charge is -2.29. The first-order valence-corrected chi connectivity index (χ1v) is 10.5. The first-order chi connectivity index (χ1) is 15.4. The molecule has 32 heavy (non-hydrogen) atoms. The number of hydrogen-bond acceptors (Lipinski definition) is 3. The quantitative estimate of drug-likeness (QED) is 0.386. The van der Waals surface area contributed by atoms with Crippen LogP contribution in [-0.2, 0) is 24.3 Å². The summed E-state index contributed by atoms with van der Waals surface area (Å²) >= 11 is 0. The van der Waals surface area contributed by atoms with Gasteiger partial charge in [0.05, 0.1) is 0 Å². The average molecular weight is 448 g/mol. The Kier molecular flexibility index (Phi) is 7.97. The molecule has 2 aromatic rings. The fourth-order valence-corrected chi connectivity index (χ4v) is 3.59. The van der Waals surface area contributed by atoms with E-state index in [1.54, 1.807) is 19.2 Å². The zero-order chi connectivity index (χ0) is 23.0. The Bertz CT molecular complexity index is 947. The van der Waals surface area contributed by atoms with Crippen molar-refractivity contribution in [1.82, 2.24) is 15.5 Å². The standard InChI is InChI=1S/C23H27F3N4O2/c1-27-22(29-15-18-8-4-5-10-20(18)32-23(24,25)26)28-13-6-11-21(31)30-14-12-17-7-2-3-9-19(17)16-30/h2-5,7-10H,6,11-16H2,1H3,(H2,27,28,29). The molecule has 0 atom stereocenters. The number of amides is 1. The van der Waals surface area contributed by atoms with Crippen LogP contribution in [0.1, 0.15) is 29.5 Å². The Labute approximate surface area is 185 Å². The fourth-order valence-electron chi connectivity index (χ4n) is 3.59.